The van der Waals surface area contributed by atoms with Gasteiger partial charge in [0.25, 0.3) is 0 Å². The van der Waals surface area contributed by atoms with E-state index in [1.165, 1.54) is 0 Å². The van der Waals surface area contributed by atoms with Crippen LogP contribution >= 0.6 is 0 Å². The van der Waals surface area contributed by atoms with Gasteiger partial charge in [-0.3, -0.25) is 9.69 Å². The number of ether oxygens (including phenoxy) is 2. The molecule has 0 amide bonds. The zero-order valence-corrected chi connectivity index (χ0v) is 12.3. The van der Waals surface area contributed by atoms with Crippen molar-refractivity contribution in [3.8, 4) is 5.75 Å². The summed E-state index contributed by atoms with van der Waals surface area (Å²) in [6.45, 7) is 7.99. The number of hydrogen-bond donors (Lipinski definition) is 0. The Bertz CT molecular complexity index is 428. The van der Waals surface area contributed by atoms with Crippen LogP contribution in [0, 0.1) is 0 Å². The lowest BCUT2D eigenvalue weighted by Gasteiger charge is -2.31. The first-order chi connectivity index (χ1) is 9.74. The van der Waals surface area contributed by atoms with E-state index in [2.05, 4.69) is 11.8 Å². The van der Waals surface area contributed by atoms with Crippen molar-refractivity contribution in [2.24, 2.45) is 0 Å². The van der Waals surface area contributed by atoms with E-state index in [0.717, 1.165) is 25.3 Å². The summed E-state index contributed by atoms with van der Waals surface area (Å²) < 4.78 is 11.0. The number of ketones is 1. The van der Waals surface area contributed by atoms with Gasteiger partial charge in [-0.05, 0) is 44.2 Å². The Morgan fingerprint density at radius 2 is 2.10 bits per heavy atom. The molecule has 1 fully saturated rings. The standard InChI is InChI=1S/C16H23NO3/c1-3-9-17-10-11-20-15(12-17)16(18)13-5-7-14(8-6-13)19-4-2/h5-8,15H,3-4,9-12H2,1-2H3. The van der Waals surface area contributed by atoms with E-state index in [0.29, 0.717) is 25.3 Å². The first kappa shape index (κ1) is 15.0. The quantitative estimate of drug-likeness (QED) is 0.748. The second-order valence-electron chi connectivity index (χ2n) is 4.98. The van der Waals surface area contributed by atoms with Gasteiger partial charge in [0.15, 0.2) is 5.78 Å². The molecule has 2 rings (SSSR count). The second kappa shape index (κ2) is 7.41. The van der Waals surface area contributed by atoms with Crippen molar-refractivity contribution in [1.82, 2.24) is 4.90 Å². The number of nitrogens with zero attached hydrogens (tertiary/aromatic N) is 1. The maximum atomic E-state index is 12.4. The summed E-state index contributed by atoms with van der Waals surface area (Å²) >= 11 is 0. The highest BCUT2D eigenvalue weighted by Gasteiger charge is 2.26. The van der Waals surface area contributed by atoms with Crippen LogP contribution < -0.4 is 4.74 Å². The Morgan fingerprint density at radius 3 is 2.75 bits per heavy atom. The molecular weight excluding hydrogens is 254 g/mol. The summed E-state index contributed by atoms with van der Waals surface area (Å²) in [6, 6.07) is 7.30. The molecule has 20 heavy (non-hydrogen) atoms. The highest BCUT2D eigenvalue weighted by atomic mass is 16.5. The van der Waals surface area contributed by atoms with Crippen molar-refractivity contribution in [2.75, 3.05) is 32.8 Å². The number of carbonyl (C=O) groups is 1. The predicted molar refractivity (Wildman–Crippen MR) is 78.4 cm³/mol. The van der Waals surface area contributed by atoms with Gasteiger partial charge in [0, 0.05) is 18.7 Å². The van der Waals surface area contributed by atoms with E-state index in [9.17, 15) is 4.79 Å². The van der Waals surface area contributed by atoms with Crippen molar-refractivity contribution in [2.45, 2.75) is 26.4 Å². The van der Waals surface area contributed by atoms with Crippen LogP contribution in [0.5, 0.6) is 5.75 Å². The Balaban J connectivity index is 1.99. The van der Waals surface area contributed by atoms with Crippen LogP contribution in [0.25, 0.3) is 0 Å². The Morgan fingerprint density at radius 1 is 1.35 bits per heavy atom. The lowest BCUT2D eigenvalue weighted by molar-refractivity contribution is -0.0163. The molecule has 0 N–H and O–H groups in total. The molecule has 1 saturated heterocycles. The van der Waals surface area contributed by atoms with Crippen molar-refractivity contribution in [3.05, 3.63) is 29.8 Å². The van der Waals surface area contributed by atoms with Crippen LogP contribution in [0.15, 0.2) is 24.3 Å². The zero-order valence-electron chi connectivity index (χ0n) is 12.3. The van der Waals surface area contributed by atoms with Crippen LogP contribution in [0.2, 0.25) is 0 Å². The smallest absolute Gasteiger partial charge is 0.192 e. The fraction of sp³-hybridized carbons (Fsp3) is 0.562. The van der Waals surface area contributed by atoms with E-state index in [1.807, 2.05) is 31.2 Å². The largest absolute Gasteiger partial charge is 0.494 e. The second-order valence-corrected chi connectivity index (χ2v) is 4.98. The third-order valence-corrected chi connectivity index (χ3v) is 3.43. The first-order valence-electron chi connectivity index (χ1n) is 7.35. The van der Waals surface area contributed by atoms with Crippen molar-refractivity contribution >= 4 is 5.78 Å². The topological polar surface area (TPSA) is 38.8 Å². The third-order valence-electron chi connectivity index (χ3n) is 3.43. The van der Waals surface area contributed by atoms with Gasteiger partial charge in [0.1, 0.15) is 11.9 Å². The molecule has 110 valence electrons. The van der Waals surface area contributed by atoms with Gasteiger partial charge in [-0.1, -0.05) is 6.92 Å². The van der Waals surface area contributed by atoms with Gasteiger partial charge >= 0.3 is 0 Å². The summed E-state index contributed by atoms with van der Waals surface area (Å²) in [6.07, 6.45) is 0.762. The zero-order chi connectivity index (χ0) is 14.4. The van der Waals surface area contributed by atoms with Crippen LogP contribution in [0.4, 0.5) is 0 Å². The minimum absolute atomic E-state index is 0.0638. The van der Waals surface area contributed by atoms with Gasteiger partial charge in [0.05, 0.1) is 13.2 Å². The number of rotatable bonds is 6. The summed E-state index contributed by atoms with van der Waals surface area (Å²) in [5.74, 6) is 0.857. The summed E-state index contributed by atoms with van der Waals surface area (Å²) in [4.78, 5) is 14.7. The average Bonchev–Trinajstić information content (AvgIpc) is 2.48. The molecule has 0 aliphatic carbocycles. The van der Waals surface area contributed by atoms with Gasteiger partial charge in [-0.25, -0.2) is 0 Å². The maximum absolute atomic E-state index is 12.4. The van der Waals surface area contributed by atoms with Gasteiger partial charge in [-0.2, -0.15) is 0 Å². The molecule has 1 aliphatic heterocycles. The van der Waals surface area contributed by atoms with Gasteiger partial charge in [0.2, 0.25) is 0 Å². The number of Topliss-reactive ketones (excluding diaryl/α,β-unsaturated/α-hetero) is 1. The minimum Gasteiger partial charge on any atom is -0.494 e. The lowest BCUT2D eigenvalue weighted by Crippen LogP contribution is -2.46. The van der Waals surface area contributed by atoms with E-state index < -0.39 is 0 Å². The summed E-state index contributed by atoms with van der Waals surface area (Å²) in [7, 11) is 0. The van der Waals surface area contributed by atoms with E-state index in [1.54, 1.807) is 0 Å². The number of benzene rings is 1. The molecule has 1 unspecified atom stereocenters. The summed E-state index contributed by atoms with van der Waals surface area (Å²) in [5, 5.41) is 0. The van der Waals surface area contributed by atoms with E-state index in [-0.39, 0.29) is 11.9 Å². The predicted octanol–water partition coefficient (Wildman–Crippen LogP) is 2.38. The van der Waals surface area contributed by atoms with Crippen molar-refractivity contribution in [3.63, 3.8) is 0 Å². The fourth-order valence-electron chi connectivity index (χ4n) is 2.45. The molecule has 4 heteroatoms. The fourth-order valence-corrected chi connectivity index (χ4v) is 2.45. The molecular formula is C16H23NO3. The Kier molecular flexibility index (Phi) is 5.56. The van der Waals surface area contributed by atoms with Crippen LogP contribution in [0.3, 0.4) is 0 Å². The van der Waals surface area contributed by atoms with Crippen LogP contribution in [0.1, 0.15) is 30.6 Å². The minimum atomic E-state index is -0.340. The van der Waals surface area contributed by atoms with Crippen LogP contribution in [-0.2, 0) is 4.74 Å². The molecule has 1 heterocycles. The van der Waals surface area contributed by atoms with Gasteiger partial charge in [-0.15, -0.1) is 0 Å². The molecule has 0 bridgehead atoms. The van der Waals surface area contributed by atoms with E-state index in [4.69, 9.17) is 9.47 Å². The third kappa shape index (κ3) is 3.81. The SMILES string of the molecule is CCCN1CCOC(C(=O)c2ccc(OCC)cc2)C1. The first-order valence-corrected chi connectivity index (χ1v) is 7.35. The molecule has 0 saturated carbocycles. The molecule has 1 aromatic carbocycles. The molecule has 1 atom stereocenters. The van der Waals surface area contributed by atoms with Gasteiger partial charge < -0.3 is 9.47 Å². The normalized spacial score (nSPS) is 19.8. The lowest BCUT2D eigenvalue weighted by atomic mass is 10.0. The molecule has 1 aliphatic rings. The van der Waals surface area contributed by atoms with Crippen LogP contribution in [-0.4, -0.2) is 49.6 Å². The monoisotopic (exact) mass is 277 g/mol. The summed E-state index contributed by atoms with van der Waals surface area (Å²) in [5.41, 5.74) is 0.691. The van der Waals surface area contributed by atoms with E-state index >= 15 is 0 Å². The number of hydrogen-bond acceptors (Lipinski definition) is 4. The molecule has 0 aromatic heterocycles. The molecule has 1 aromatic rings. The maximum Gasteiger partial charge on any atom is 0.192 e. The molecule has 0 radical (unpaired) electrons. The Labute approximate surface area is 120 Å². The average molecular weight is 277 g/mol. The molecule has 4 nitrogen and oxygen atoms in total. The highest BCUT2D eigenvalue weighted by Crippen LogP contribution is 2.16. The molecule has 0 spiro atoms. The van der Waals surface area contributed by atoms with Crippen molar-refractivity contribution < 1.29 is 14.3 Å². The Hall–Kier alpha value is -1.39. The van der Waals surface area contributed by atoms with Crippen molar-refractivity contribution in [1.29, 1.82) is 0 Å². The highest BCUT2D eigenvalue weighted by molar-refractivity contribution is 5.99. The number of carbonyl (C=O) groups excluding carboxylic acids is 1. The number of morpholine rings is 1.